The number of ether oxygens (including phenoxy) is 2. The van der Waals surface area contributed by atoms with Gasteiger partial charge in [-0.1, -0.05) is 30.3 Å². The van der Waals surface area contributed by atoms with Crippen molar-refractivity contribution in [2.45, 2.75) is 56.9 Å². The van der Waals surface area contributed by atoms with Gasteiger partial charge in [-0.05, 0) is 50.5 Å². The summed E-state index contributed by atoms with van der Waals surface area (Å²) in [7, 11) is 0. The fourth-order valence-corrected chi connectivity index (χ4v) is 4.52. The van der Waals surface area contributed by atoms with Crippen molar-refractivity contribution in [2.75, 3.05) is 13.2 Å². The van der Waals surface area contributed by atoms with E-state index in [1.54, 1.807) is 32.0 Å². The first kappa shape index (κ1) is 23.6. The van der Waals surface area contributed by atoms with Crippen LogP contribution in [0.4, 0.5) is 4.79 Å². The smallest absolute Gasteiger partial charge is 0.410 e. The zero-order valence-corrected chi connectivity index (χ0v) is 19.4. The third kappa shape index (κ3) is 4.85. The number of nitrogens with zero attached hydrogens (tertiary/aromatic N) is 2. The monoisotopic (exact) mass is 463 g/mol. The molecule has 1 fully saturated rings. The van der Waals surface area contributed by atoms with Crippen LogP contribution in [0.15, 0.2) is 48.5 Å². The molecule has 2 N–H and O–H groups in total. The van der Waals surface area contributed by atoms with Gasteiger partial charge in [-0.3, -0.25) is 9.69 Å². The zero-order valence-electron chi connectivity index (χ0n) is 19.4. The van der Waals surface area contributed by atoms with Crippen LogP contribution in [0.3, 0.4) is 0 Å². The minimum absolute atomic E-state index is 0.227. The first-order chi connectivity index (χ1) is 16.3. The number of fused-ring (bicyclic) bond motifs is 1. The largest absolute Gasteiger partial charge is 0.485 e. The van der Waals surface area contributed by atoms with Gasteiger partial charge in [0.1, 0.15) is 23.5 Å². The van der Waals surface area contributed by atoms with Crippen molar-refractivity contribution in [1.29, 1.82) is 5.26 Å². The average Bonchev–Trinajstić information content (AvgIpc) is 3.32. The van der Waals surface area contributed by atoms with Gasteiger partial charge in [0.15, 0.2) is 0 Å². The van der Waals surface area contributed by atoms with Gasteiger partial charge in [0.05, 0.1) is 24.3 Å². The molecule has 8 heteroatoms. The number of likely N-dealkylation sites (tertiary alicyclic amines) is 1. The number of aliphatic hydroxyl groups is 1. The van der Waals surface area contributed by atoms with Crippen LogP contribution in [0, 0.1) is 11.3 Å². The van der Waals surface area contributed by atoms with Gasteiger partial charge < -0.3 is 19.9 Å². The lowest BCUT2D eigenvalue weighted by molar-refractivity contribution is -0.129. The summed E-state index contributed by atoms with van der Waals surface area (Å²) in [5.41, 5.74) is 1.05. The Hall–Kier alpha value is -3.57. The van der Waals surface area contributed by atoms with Crippen LogP contribution in [0.25, 0.3) is 0 Å². The van der Waals surface area contributed by atoms with E-state index in [1.807, 2.05) is 30.3 Å². The summed E-state index contributed by atoms with van der Waals surface area (Å²) in [6.07, 6.45) is 0.216. The van der Waals surface area contributed by atoms with E-state index in [0.29, 0.717) is 42.7 Å². The topological polar surface area (TPSA) is 112 Å². The molecular formula is C26H29N3O5. The number of carbonyl (C=O) groups is 2. The second-order valence-corrected chi connectivity index (χ2v) is 9.20. The molecule has 2 amide bonds. The number of hydrogen-bond acceptors (Lipinski definition) is 6. The lowest BCUT2D eigenvalue weighted by Crippen LogP contribution is -2.56. The number of benzene rings is 2. The lowest BCUT2D eigenvalue weighted by atomic mass is 9.85. The zero-order chi connectivity index (χ0) is 24.3. The minimum atomic E-state index is -1.05. The maximum absolute atomic E-state index is 13.3. The van der Waals surface area contributed by atoms with Gasteiger partial charge in [0.25, 0.3) is 0 Å². The number of hydrogen-bond donors (Lipinski definition) is 2. The van der Waals surface area contributed by atoms with Crippen LogP contribution in [-0.4, -0.2) is 52.9 Å². The quantitative estimate of drug-likeness (QED) is 0.705. The van der Waals surface area contributed by atoms with Gasteiger partial charge >= 0.3 is 6.09 Å². The van der Waals surface area contributed by atoms with E-state index in [2.05, 4.69) is 11.4 Å². The minimum Gasteiger partial charge on any atom is -0.485 e. The number of nitriles is 1. The molecule has 0 saturated carbocycles. The Morgan fingerprint density at radius 2 is 2.03 bits per heavy atom. The average molecular weight is 464 g/mol. The van der Waals surface area contributed by atoms with Crippen molar-refractivity contribution in [3.63, 3.8) is 0 Å². The van der Waals surface area contributed by atoms with Crippen LogP contribution in [0.2, 0.25) is 0 Å². The van der Waals surface area contributed by atoms with Crippen molar-refractivity contribution in [1.82, 2.24) is 10.2 Å². The molecule has 178 valence electrons. The number of carbonyl (C=O) groups excluding carboxylic acids is 2. The summed E-state index contributed by atoms with van der Waals surface area (Å²) < 4.78 is 11.4. The molecular weight excluding hydrogens is 434 g/mol. The molecule has 8 nitrogen and oxygen atoms in total. The van der Waals surface area contributed by atoms with Crippen LogP contribution in [0.5, 0.6) is 5.75 Å². The molecule has 0 aliphatic carbocycles. The highest BCUT2D eigenvalue weighted by molar-refractivity contribution is 5.86. The second-order valence-electron chi connectivity index (χ2n) is 9.20. The van der Waals surface area contributed by atoms with Gasteiger partial charge in [-0.25, -0.2) is 4.79 Å². The first-order valence-corrected chi connectivity index (χ1v) is 11.5. The maximum Gasteiger partial charge on any atom is 0.410 e. The van der Waals surface area contributed by atoms with E-state index in [0.717, 1.165) is 5.56 Å². The van der Waals surface area contributed by atoms with Crippen molar-refractivity contribution in [2.24, 2.45) is 0 Å². The Bertz CT molecular complexity index is 1100. The molecule has 2 unspecified atom stereocenters. The van der Waals surface area contributed by atoms with Crippen molar-refractivity contribution < 1.29 is 24.2 Å². The summed E-state index contributed by atoms with van der Waals surface area (Å²) >= 11 is 0. The van der Waals surface area contributed by atoms with Crippen molar-refractivity contribution in [3.05, 3.63) is 65.2 Å². The molecule has 1 saturated heterocycles. The summed E-state index contributed by atoms with van der Waals surface area (Å²) in [5, 5.41) is 23.2. The Morgan fingerprint density at radius 3 is 2.76 bits per heavy atom. The maximum atomic E-state index is 13.3. The molecule has 0 bridgehead atoms. The molecule has 0 aromatic heterocycles. The van der Waals surface area contributed by atoms with E-state index in [-0.39, 0.29) is 12.5 Å². The van der Waals surface area contributed by atoms with E-state index in [1.165, 1.54) is 4.90 Å². The Morgan fingerprint density at radius 1 is 1.26 bits per heavy atom. The van der Waals surface area contributed by atoms with Crippen LogP contribution >= 0.6 is 0 Å². The second kappa shape index (κ2) is 9.74. The molecule has 2 aromatic carbocycles. The summed E-state index contributed by atoms with van der Waals surface area (Å²) in [4.78, 5) is 27.4. The fraction of sp³-hybridized carbons (Fsp3) is 0.423. The predicted octanol–water partition coefficient (Wildman–Crippen LogP) is 3.09. The molecule has 34 heavy (non-hydrogen) atoms. The van der Waals surface area contributed by atoms with Crippen LogP contribution in [-0.2, 0) is 16.0 Å². The highest BCUT2D eigenvalue weighted by Gasteiger charge is 2.45. The van der Waals surface area contributed by atoms with E-state index in [4.69, 9.17) is 9.47 Å². The van der Waals surface area contributed by atoms with Crippen LogP contribution < -0.4 is 10.1 Å². The SMILES string of the molecule is CC1(C)Oc2ccc(C#N)cc2C(NC(=O)[C@@H]2CCCN2C(=O)OCCc2ccccc2)C1O. The van der Waals surface area contributed by atoms with Crippen molar-refractivity contribution in [3.8, 4) is 11.8 Å². The van der Waals surface area contributed by atoms with E-state index in [9.17, 15) is 20.0 Å². The Labute approximate surface area is 199 Å². The standard InChI is InChI=1S/C26H29N3O5/c1-26(2)23(30)22(19-15-18(16-27)10-11-21(19)34-26)28-24(31)20-9-6-13-29(20)25(32)33-14-12-17-7-4-3-5-8-17/h3-5,7-8,10-11,15,20,22-23,30H,6,9,12-14H2,1-2H3,(H,28,31)/t20-,22?,23?/m0/s1. The highest BCUT2D eigenvalue weighted by atomic mass is 16.6. The number of nitrogens with one attached hydrogen (secondary N) is 1. The van der Waals surface area contributed by atoms with Gasteiger partial charge in [-0.2, -0.15) is 5.26 Å². The number of amides is 2. The highest BCUT2D eigenvalue weighted by Crippen LogP contribution is 2.40. The summed E-state index contributed by atoms with van der Waals surface area (Å²) in [6, 6.07) is 15.3. The molecule has 0 radical (unpaired) electrons. The molecule has 3 atom stereocenters. The van der Waals surface area contributed by atoms with E-state index < -0.39 is 29.9 Å². The Kier molecular flexibility index (Phi) is 6.75. The fourth-order valence-electron chi connectivity index (χ4n) is 4.52. The summed E-state index contributed by atoms with van der Waals surface area (Å²) in [6.45, 7) is 4.14. The molecule has 2 heterocycles. The number of rotatable bonds is 5. The van der Waals surface area contributed by atoms with Crippen molar-refractivity contribution >= 4 is 12.0 Å². The number of aliphatic hydroxyl groups excluding tert-OH is 1. The molecule has 0 spiro atoms. The molecule has 2 aliphatic heterocycles. The van der Waals surface area contributed by atoms with Gasteiger partial charge in [-0.15, -0.1) is 0 Å². The summed E-state index contributed by atoms with van der Waals surface area (Å²) in [5.74, 6) is 0.135. The van der Waals surface area contributed by atoms with Gasteiger partial charge in [0, 0.05) is 18.5 Å². The molecule has 2 aliphatic rings. The van der Waals surface area contributed by atoms with Crippen LogP contribution in [0.1, 0.15) is 49.4 Å². The third-order valence-electron chi connectivity index (χ3n) is 6.42. The first-order valence-electron chi connectivity index (χ1n) is 11.5. The molecule has 4 rings (SSSR count). The predicted molar refractivity (Wildman–Crippen MR) is 124 cm³/mol. The van der Waals surface area contributed by atoms with Gasteiger partial charge in [0.2, 0.25) is 5.91 Å². The van der Waals surface area contributed by atoms with E-state index >= 15 is 0 Å². The Balaban J connectivity index is 1.45. The lowest BCUT2D eigenvalue weighted by Gasteiger charge is -2.42. The normalized spacial score (nSPS) is 22.8. The molecule has 2 aromatic rings. The third-order valence-corrected chi connectivity index (χ3v) is 6.42.